The lowest BCUT2D eigenvalue weighted by Gasteiger charge is -1.93. The molecule has 0 aromatic rings. The van der Waals surface area contributed by atoms with E-state index in [1.807, 2.05) is 27.7 Å². The first-order valence-electron chi connectivity index (χ1n) is 3.81. The van der Waals surface area contributed by atoms with Gasteiger partial charge in [0.25, 0.3) is 0 Å². The fourth-order valence-electron chi connectivity index (χ4n) is 0.392. The molecule has 0 bridgehead atoms. The first kappa shape index (κ1) is 12.7. The van der Waals surface area contributed by atoms with Gasteiger partial charge in [0.15, 0.2) is 0 Å². The summed E-state index contributed by atoms with van der Waals surface area (Å²) in [6, 6.07) is 0. The summed E-state index contributed by atoms with van der Waals surface area (Å²) >= 11 is 0. The van der Waals surface area contributed by atoms with Gasteiger partial charge in [0.2, 0.25) is 0 Å². The minimum atomic E-state index is 0.924. The Hall–Kier alpha value is -0.920. The van der Waals surface area contributed by atoms with Crippen LogP contribution in [-0.2, 0) is 0 Å². The van der Waals surface area contributed by atoms with E-state index in [-0.39, 0.29) is 0 Å². The van der Waals surface area contributed by atoms with Crippen molar-refractivity contribution in [3.8, 4) is 0 Å². The quantitative estimate of drug-likeness (QED) is 0.546. The second-order valence-electron chi connectivity index (χ2n) is 1.71. The highest BCUT2D eigenvalue weighted by molar-refractivity contribution is 6.40. The second kappa shape index (κ2) is 9.08. The van der Waals surface area contributed by atoms with Crippen LogP contribution in [0.5, 0.6) is 0 Å². The molecule has 0 radical (unpaired) electrons. The molecule has 0 heterocycles. The third-order valence-electron chi connectivity index (χ3n) is 1.14. The van der Waals surface area contributed by atoms with Crippen LogP contribution in [0.3, 0.4) is 0 Å². The van der Waals surface area contributed by atoms with Crippen LogP contribution in [0.1, 0.15) is 27.7 Å². The average molecular weight is 154 g/mol. The molecule has 2 heteroatoms. The summed E-state index contributed by atoms with van der Waals surface area (Å²) in [4.78, 5) is 7.89. The minimum absolute atomic E-state index is 0.924. The lowest BCUT2D eigenvalue weighted by atomic mass is 10.3. The highest BCUT2D eigenvalue weighted by Gasteiger charge is 1.90. The summed E-state index contributed by atoms with van der Waals surface area (Å²) in [7, 11) is 1.75. The molecule has 2 nitrogen and oxygen atoms in total. The molecular weight excluding hydrogens is 136 g/mol. The van der Waals surface area contributed by atoms with Gasteiger partial charge in [-0.1, -0.05) is 20.4 Å². The number of nitrogens with zero attached hydrogens (tertiary/aromatic N) is 2. The number of hydrogen-bond donors (Lipinski definition) is 0. The van der Waals surface area contributed by atoms with Crippen molar-refractivity contribution in [3.63, 3.8) is 0 Å². The van der Waals surface area contributed by atoms with Crippen LogP contribution in [0, 0.1) is 0 Å². The summed E-state index contributed by atoms with van der Waals surface area (Å²) in [5.41, 5.74) is 1.88. The molecule has 0 fully saturated rings. The Morgan fingerprint density at radius 1 is 1.18 bits per heavy atom. The van der Waals surface area contributed by atoms with Crippen molar-refractivity contribution in [3.05, 3.63) is 12.8 Å². The van der Waals surface area contributed by atoms with E-state index in [0.29, 0.717) is 0 Å². The maximum Gasteiger partial charge on any atom is 0.0579 e. The number of hydrogen-bond acceptors (Lipinski definition) is 2. The second-order valence-corrected chi connectivity index (χ2v) is 1.71. The Bertz CT molecular complexity index is 155. The van der Waals surface area contributed by atoms with Crippen LogP contribution in [0.15, 0.2) is 22.8 Å². The van der Waals surface area contributed by atoms with Crippen molar-refractivity contribution in [2.24, 2.45) is 9.98 Å². The molecule has 0 aliphatic heterocycles. The van der Waals surface area contributed by atoms with E-state index >= 15 is 0 Å². The molecule has 0 aliphatic carbocycles. The van der Waals surface area contributed by atoms with Crippen molar-refractivity contribution in [1.29, 1.82) is 0 Å². The highest BCUT2D eigenvalue weighted by Crippen LogP contribution is 1.82. The minimum Gasteiger partial charge on any atom is -0.292 e. The topological polar surface area (TPSA) is 24.7 Å². The largest absolute Gasteiger partial charge is 0.292 e. The lowest BCUT2D eigenvalue weighted by molar-refractivity contribution is 1.43. The van der Waals surface area contributed by atoms with Gasteiger partial charge in [-0.05, 0) is 13.8 Å². The fourth-order valence-corrected chi connectivity index (χ4v) is 0.392. The third kappa shape index (κ3) is 6.97. The summed E-state index contributed by atoms with van der Waals surface area (Å²) < 4.78 is 0. The molecule has 0 aromatic carbocycles. The average Bonchev–Trinajstić information content (AvgIpc) is 2.07. The SMILES string of the molecule is C=CN=C(C)C(C)=NC.CC. The molecular formula is C9H18N2. The van der Waals surface area contributed by atoms with E-state index in [0.717, 1.165) is 11.4 Å². The molecule has 0 aliphatic rings. The van der Waals surface area contributed by atoms with Gasteiger partial charge in [-0.3, -0.25) is 9.98 Å². The highest BCUT2D eigenvalue weighted by atomic mass is 14.8. The Kier molecular flexibility index (Phi) is 10.5. The zero-order valence-electron chi connectivity index (χ0n) is 8.18. The molecule has 0 atom stereocenters. The van der Waals surface area contributed by atoms with E-state index in [1.165, 1.54) is 6.20 Å². The maximum absolute atomic E-state index is 3.95. The first-order valence-corrected chi connectivity index (χ1v) is 3.81. The van der Waals surface area contributed by atoms with Gasteiger partial charge in [0, 0.05) is 13.2 Å². The van der Waals surface area contributed by atoms with Crippen molar-refractivity contribution in [2.75, 3.05) is 7.05 Å². The predicted octanol–water partition coefficient (Wildman–Crippen LogP) is 2.71. The molecule has 0 N–H and O–H groups in total. The summed E-state index contributed by atoms with van der Waals surface area (Å²) in [5.74, 6) is 0. The smallest absolute Gasteiger partial charge is 0.0579 e. The lowest BCUT2D eigenvalue weighted by Crippen LogP contribution is -2.03. The summed E-state index contributed by atoms with van der Waals surface area (Å²) in [6.45, 7) is 11.3. The van der Waals surface area contributed by atoms with Gasteiger partial charge in [-0.25, -0.2) is 0 Å². The fraction of sp³-hybridized carbons (Fsp3) is 0.556. The van der Waals surface area contributed by atoms with Crippen molar-refractivity contribution >= 4 is 11.4 Å². The Labute approximate surface area is 69.8 Å². The molecule has 0 saturated heterocycles. The van der Waals surface area contributed by atoms with E-state index in [2.05, 4.69) is 16.6 Å². The van der Waals surface area contributed by atoms with E-state index < -0.39 is 0 Å². The molecule has 64 valence electrons. The van der Waals surface area contributed by atoms with E-state index in [1.54, 1.807) is 7.05 Å². The third-order valence-corrected chi connectivity index (χ3v) is 1.14. The van der Waals surface area contributed by atoms with Crippen molar-refractivity contribution in [1.82, 2.24) is 0 Å². The molecule has 0 aromatic heterocycles. The van der Waals surface area contributed by atoms with Crippen molar-refractivity contribution < 1.29 is 0 Å². The van der Waals surface area contributed by atoms with Crippen LogP contribution >= 0.6 is 0 Å². The van der Waals surface area contributed by atoms with E-state index in [4.69, 9.17) is 0 Å². The molecule has 0 amide bonds. The number of aliphatic imine (C=N–C) groups is 2. The Morgan fingerprint density at radius 2 is 1.64 bits per heavy atom. The molecule has 11 heavy (non-hydrogen) atoms. The van der Waals surface area contributed by atoms with E-state index in [9.17, 15) is 0 Å². The van der Waals surface area contributed by atoms with Crippen LogP contribution in [0.4, 0.5) is 0 Å². The predicted molar refractivity (Wildman–Crippen MR) is 53.7 cm³/mol. The van der Waals surface area contributed by atoms with Gasteiger partial charge in [0.1, 0.15) is 0 Å². The van der Waals surface area contributed by atoms with Crippen LogP contribution in [0.2, 0.25) is 0 Å². The molecule has 0 saturated carbocycles. The van der Waals surface area contributed by atoms with Gasteiger partial charge in [-0.15, -0.1) is 0 Å². The van der Waals surface area contributed by atoms with Crippen LogP contribution in [0.25, 0.3) is 0 Å². The van der Waals surface area contributed by atoms with Crippen LogP contribution in [-0.4, -0.2) is 18.5 Å². The van der Waals surface area contributed by atoms with Gasteiger partial charge in [-0.2, -0.15) is 0 Å². The molecule has 0 unspecified atom stereocenters. The van der Waals surface area contributed by atoms with Gasteiger partial charge < -0.3 is 0 Å². The van der Waals surface area contributed by atoms with Gasteiger partial charge in [0.05, 0.1) is 11.4 Å². The number of rotatable bonds is 2. The summed E-state index contributed by atoms with van der Waals surface area (Å²) in [5, 5.41) is 0. The zero-order valence-corrected chi connectivity index (χ0v) is 8.18. The van der Waals surface area contributed by atoms with Gasteiger partial charge >= 0.3 is 0 Å². The molecule has 0 rings (SSSR count). The Balaban J connectivity index is 0. The normalized spacial score (nSPS) is 11.7. The van der Waals surface area contributed by atoms with Crippen molar-refractivity contribution in [2.45, 2.75) is 27.7 Å². The van der Waals surface area contributed by atoms with Crippen LogP contribution < -0.4 is 0 Å². The maximum atomic E-state index is 3.95. The summed E-state index contributed by atoms with van der Waals surface area (Å²) in [6.07, 6.45) is 1.52. The molecule has 0 spiro atoms. The zero-order chi connectivity index (χ0) is 9.28. The Morgan fingerprint density at radius 3 is 1.91 bits per heavy atom. The first-order chi connectivity index (χ1) is 5.22. The standard InChI is InChI=1S/C7H12N2.C2H6/c1-5-9-7(3)6(2)8-4;1-2/h5H,1H2,2-4H3;1-2H3. The monoisotopic (exact) mass is 154 g/mol.